The Kier molecular flexibility index (Phi) is 3.83. The van der Waals surface area contributed by atoms with E-state index in [0.29, 0.717) is 0 Å². The molecule has 78 valence electrons. The third-order valence-electron chi connectivity index (χ3n) is 2.07. The number of aryl methyl sites for hydroxylation is 1. The number of allylic oxidation sites excluding steroid dienone is 1. The summed E-state index contributed by atoms with van der Waals surface area (Å²) in [5.74, 6) is 0.965. The van der Waals surface area contributed by atoms with E-state index in [1.54, 1.807) is 6.33 Å². The molecule has 1 N–H and O–H groups in total. The summed E-state index contributed by atoms with van der Waals surface area (Å²) in [6.45, 7) is 7.14. The maximum absolute atomic E-state index is 4.04. The van der Waals surface area contributed by atoms with Crippen LogP contribution in [0.15, 0.2) is 18.0 Å². The van der Waals surface area contributed by atoms with Gasteiger partial charge in [0.25, 0.3) is 0 Å². The van der Waals surface area contributed by atoms with Gasteiger partial charge in [0.1, 0.15) is 12.2 Å². The van der Waals surface area contributed by atoms with Crippen LogP contribution in [0.2, 0.25) is 0 Å². The van der Waals surface area contributed by atoms with Crippen molar-refractivity contribution in [2.75, 3.05) is 6.54 Å². The summed E-state index contributed by atoms with van der Waals surface area (Å²) >= 11 is 0. The number of hydrogen-bond acceptors (Lipinski definition) is 3. The molecule has 1 aromatic heterocycles. The van der Waals surface area contributed by atoms with E-state index in [9.17, 15) is 0 Å². The van der Waals surface area contributed by atoms with Crippen molar-refractivity contribution < 1.29 is 0 Å². The lowest BCUT2D eigenvalue weighted by molar-refractivity contribution is 0.558. The largest absolute Gasteiger partial charge is 0.319 e. The molecule has 1 heterocycles. The Morgan fingerprint density at radius 3 is 2.86 bits per heavy atom. The average Bonchev–Trinajstić information content (AvgIpc) is 2.50. The van der Waals surface area contributed by atoms with Crippen molar-refractivity contribution in [2.24, 2.45) is 7.05 Å². The van der Waals surface area contributed by atoms with E-state index in [0.717, 1.165) is 12.4 Å². The van der Waals surface area contributed by atoms with Crippen molar-refractivity contribution in [1.29, 1.82) is 0 Å². The first kappa shape index (κ1) is 10.9. The summed E-state index contributed by atoms with van der Waals surface area (Å²) in [6, 6.07) is 0.234. The molecule has 0 amide bonds. The Morgan fingerprint density at radius 1 is 1.64 bits per heavy atom. The average molecular weight is 194 g/mol. The highest BCUT2D eigenvalue weighted by Crippen LogP contribution is 2.06. The highest BCUT2D eigenvalue weighted by molar-refractivity contribution is 4.97. The Balaban J connectivity index is 2.47. The fourth-order valence-electron chi connectivity index (χ4n) is 1.22. The minimum Gasteiger partial charge on any atom is -0.319 e. The third kappa shape index (κ3) is 2.96. The Morgan fingerprint density at radius 2 is 2.36 bits per heavy atom. The predicted octanol–water partition coefficient (Wildman–Crippen LogP) is 1.43. The molecule has 0 aromatic carbocycles. The molecule has 0 bridgehead atoms. The third-order valence-corrected chi connectivity index (χ3v) is 2.07. The fourth-order valence-corrected chi connectivity index (χ4v) is 1.22. The predicted molar refractivity (Wildman–Crippen MR) is 56.9 cm³/mol. The molecule has 1 rings (SSSR count). The first-order valence-electron chi connectivity index (χ1n) is 4.82. The smallest absolute Gasteiger partial charge is 0.149 e. The SMILES string of the molecule is CC(C)=CCNC(C)c1nncn1C. The van der Waals surface area contributed by atoms with E-state index in [1.807, 2.05) is 11.6 Å². The number of rotatable bonds is 4. The Hall–Kier alpha value is -1.16. The van der Waals surface area contributed by atoms with E-state index in [1.165, 1.54) is 5.57 Å². The molecule has 0 saturated heterocycles. The first-order chi connectivity index (χ1) is 6.61. The van der Waals surface area contributed by atoms with Gasteiger partial charge >= 0.3 is 0 Å². The Labute approximate surface area is 85.0 Å². The van der Waals surface area contributed by atoms with Crippen molar-refractivity contribution in [3.8, 4) is 0 Å². The Bertz CT molecular complexity index is 310. The van der Waals surface area contributed by atoms with E-state index in [2.05, 4.69) is 42.4 Å². The summed E-state index contributed by atoms with van der Waals surface area (Å²) in [5.41, 5.74) is 1.32. The molecule has 0 spiro atoms. The van der Waals surface area contributed by atoms with Crippen molar-refractivity contribution in [1.82, 2.24) is 20.1 Å². The molecule has 0 aliphatic heterocycles. The van der Waals surface area contributed by atoms with E-state index < -0.39 is 0 Å². The zero-order chi connectivity index (χ0) is 10.6. The van der Waals surface area contributed by atoms with Crippen molar-refractivity contribution in [3.63, 3.8) is 0 Å². The molecule has 4 nitrogen and oxygen atoms in total. The lowest BCUT2D eigenvalue weighted by Gasteiger charge is -2.10. The van der Waals surface area contributed by atoms with Crippen LogP contribution in [0.3, 0.4) is 0 Å². The summed E-state index contributed by atoms with van der Waals surface area (Å²) in [4.78, 5) is 0. The van der Waals surface area contributed by atoms with Gasteiger partial charge in [-0.05, 0) is 20.8 Å². The van der Waals surface area contributed by atoms with Gasteiger partial charge < -0.3 is 9.88 Å². The topological polar surface area (TPSA) is 42.7 Å². The second kappa shape index (κ2) is 4.91. The number of aromatic nitrogens is 3. The molecule has 1 aromatic rings. The van der Waals surface area contributed by atoms with Crippen LogP contribution in [0.1, 0.15) is 32.6 Å². The lowest BCUT2D eigenvalue weighted by atomic mass is 10.3. The molecular formula is C10H18N4. The molecule has 4 heteroatoms. The van der Waals surface area contributed by atoms with E-state index >= 15 is 0 Å². The molecule has 0 saturated carbocycles. The van der Waals surface area contributed by atoms with Crippen molar-refractivity contribution >= 4 is 0 Å². The molecular weight excluding hydrogens is 176 g/mol. The minimum absolute atomic E-state index is 0.234. The van der Waals surface area contributed by atoms with Gasteiger partial charge in [0.2, 0.25) is 0 Å². The molecule has 0 aliphatic rings. The second-order valence-corrected chi connectivity index (χ2v) is 3.71. The second-order valence-electron chi connectivity index (χ2n) is 3.71. The van der Waals surface area contributed by atoms with Crippen LogP contribution >= 0.6 is 0 Å². The van der Waals surface area contributed by atoms with Crippen LogP contribution in [-0.4, -0.2) is 21.3 Å². The lowest BCUT2D eigenvalue weighted by Crippen LogP contribution is -2.21. The monoisotopic (exact) mass is 194 g/mol. The standard InChI is InChI=1S/C10H18N4/c1-8(2)5-6-11-9(3)10-13-12-7-14(10)4/h5,7,9,11H,6H2,1-4H3. The van der Waals surface area contributed by atoms with E-state index in [4.69, 9.17) is 0 Å². The summed E-state index contributed by atoms with van der Waals surface area (Å²) in [5, 5.41) is 11.2. The van der Waals surface area contributed by atoms with Crippen LogP contribution in [0.25, 0.3) is 0 Å². The van der Waals surface area contributed by atoms with Crippen LogP contribution in [0, 0.1) is 0 Å². The molecule has 1 unspecified atom stereocenters. The summed E-state index contributed by atoms with van der Waals surface area (Å²) < 4.78 is 1.93. The molecule has 0 aliphatic carbocycles. The molecule has 1 atom stereocenters. The summed E-state index contributed by atoms with van der Waals surface area (Å²) in [7, 11) is 1.95. The maximum Gasteiger partial charge on any atom is 0.149 e. The molecule has 0 radical (unpaired) electrons. The zero-order valence-corrected chi connectivity index (χ0v) is 9.28. The van der Waals surface area contributed by atoms with Gasteiger partial charge in [-0.2, -0.15) is 0 Å². The van der Waals surface area contributed by atoms with Gasteiger partial charge in [0.05, 0.1) is 6.04 Å². The van der Waals surface area contributed by atoms with Crippen LogP contribution < -0.4 is 5.32 Å². The number of nitrogens with zero attached hydrogens (tertiary/aromatic N) is 3. The van der Waals surface area contributed by atoms with Gasteiger partial charge in [0.15, 0.2) is 0 Å². The van der Waals surface area contributed by atoms with Gasteiger partial charge in [-0.3, -0.25) is 0 Å². The van der Waals surface area contributed by atoms with Crippen molar-refractivity contribution in [3.05, 3.63) is 23.8 Å². The van der Waals surface area contributed by atoms with Gasteiger partial charge in [-0.15, -0.1) is 10.2 Å². The van der Waals surface area contributed by atoms with Gasteiger partial charge in [0, 0.05) is 13.6 Å². The normalized spacial score (nSPS) is 12.6. The van der Waals surface area contributed by atoms with E-state index in [-0.39, 0.29) is 6.04 Å². The first-order valence-corrected chi connectivity index (χ1v) is 4.82. The minimum atomic E-state index is 0.234. The van der Waals surface area contributed by atoms with Crippen LogP contribution in [0.5, 0.6) is 0 Å². The fraction of sp³-hybridized carbons (Fsp3) is 0.600. The van der Waals surface area contributed by atoms with Gasteiger partial charge in [-0.1, -0.05) is 11.6 Å². The number of hydrogen-bond donors (Lipinski definition) is 1. The molecule has 0 fully saturated rings. The highest BCUT2D eigenvalue weighted by atomic mass is 15.3. The summed E-state index contributed by atoms with van der Waals surface area (Å²) in [6.07, 6.45) is 3.88. The maximum atomic E-state index is 4.04. The number of nitrogens with one attached hydrogen (secondary N) is 1. The zero-order valence-electron chi connectivity index (χ0n) is 9.28. The quantitative estimate of drug-likeness (QED) is 0.737. The molecule has 14 heavy (non-hydrogen) atoms. The van der Waals surface area contributed by atoms with Gasteiger partial charge in [-0.25, -0.2) is 0 Å². The van der Waals surface area contributed by atoms with Crippen LogP contribution in [0.4, 0.5) is 0 Å². The van der Waals surface area contributed by atoms with Crippen LogP contribution in [-0.2, 0) is 7.05 Å². The highest BCUT2D eigenvalue weighted by Gasteiger charge is 2.08. The van der Waals surface area contributed by atoms with Crippen molar-refractivity contribution in [2.45, 2.75) is 26.8 Å².